The minimum absolute atomic E-state index is 0.583. The van der Waals surface area contributed by atoms with Gasteiger partial charge in [-0.05, 0) is 13.8 Å². The number of hydrogen-bond donors (Lipinski definition) is 6. The maximum absolute atomic E-state index is 9.98. The Bertz CT molecular complexity index is 209. The van der Waals surface area contributed by atoms with Gasteiger partial charge in [0.05, 0.1) is 18.6 Å². The number of aliphatic hydroxyl groups is 5. The van der Waals surface area contributed by atoms with Crippen LogP contribution >= 0.6 is 0 Å². The van der Waals surface area contributed by atoms with Crippen LogP contribution in [0.4, 0.5) is 0 Å². The summed E-state index contributed by atoms with van der Waals surface area (Å²) >= 11 is 0. The van der Waals surface area contributed by atoms with Crippen molar-refractivity contribution in [3.63, 3.8) is 0 Å². The molecular formula is C9H21NO7. The molecule has 8 heteroatoms. The highest BCUT2D eigenvalue weighted by Gasteiger charge is 2.30. The van der Waals surface area contributed by atoms with E-state index in [4.69, 9.17) is 25.5 Å². The largest absolute Gasteiger partial charge is 0.547 e. The molecule has 0 aliphatic rings. The van der Waals surface area contributed by atoms with E-state index >= 15 is 0 Å². The molecule has 0 aliphatic heterocycles. The van der Waals surface area contributed by atoms with E-state index in [9.17, 15) is 9.90 Å². The molecule has 0 aromatic carbocycles. The Kier molecular flexibility index (Phi) is 10.1. The lowest BCUT2D eigenvalue weighted by Gasteiger charge is -2.25. The highest BCUT2D eigenvalue weighted by molar-refractivity contribution is 5.70. The zero-order valence-electron chi connectivity index (χ0n) is 9.85. The summed E-state index contributed by atoms with van der Waals surface area (Å²) in [6.07, 6.45) is -8.08. The molecule has 8 nitrogen and oxygen atoms in total. The molecule has 104 valence electrons. The van der Waals surface area contributed by atoms with E-state index in [-0.39, 0.29) is 0 Å². The summed E-state index contributed by atoms with van der Waals surface area (Å²) in [5, 5.41) is 53.4. The molecule has 0 spiro atoms. The maximum Gasteiger partial charge on any atom is 0.122 e. The van der Waals surface area contributed by atoms with Crippen molar-refractivity contribution in [3.05, 3.63) is 0 Å². The molecule has 0 unspecified atom stereocenters. The second kappa shape index (κ2) is 9.28. The first kappa shape index (κ1) is 18.6. The smallest absolute Gasteiger partial charge is 0.122 e. The van der Waals surface area contributed by atoms with E-state index in [0.717, 1.165) is 0 Å². The van der Waals surface area contributed by atoms with Crippen molar-refractivity contribution < 1.29 is 41.2 Å². The summed E-state index contributed by atoms with van der Waals surface area (Å²) in [4.78, 5) is 9.98. The predicted molar refractivity (Wildman–Crippen MR) is 54.1 cm³/mol. The van der Waals surface area contributed by atoms with E-state index < -0.39 is 37.0 Å². The standard InChI is InChI=1S/C6H12O7.C3H9N/c7-1-2(8)3(9)4(10)5(11)6(12)13;1-3(2)4/h2-5,7-11H,1H2,(H,12,13);3H,4H2,1-2H3/t2-,3-,4+,5-;/m1./s1. The molecule has 0 saturated carbocycles. The van der Waals surface area contributed by atoms with Gasteiger partial charge in [-0.3, -0.25) is 0 Å². The lowest BCUT2D eigenvalue weighted by Crippen LogP contribution is -2.57. The van der Waals surface area contributed by atoms with Gasteiger partial charge in [-0.25, -0.2) is 0 Å². The summed E-state index contributed by atoms with van der Waals surface area (Å²) in [7, 11) is 0. The molecule has 0 rings (SSSR count). The predicted octanol–water partition coefficient (Wildman–Crippen LogP) is -5.19. The fraction of sp³-hybridized carbons (Fsp3) is 0.889. The van der Waals surface area contributed by atoms with Gasteiger partial charge in [0.15, 0.2) is 0 Å². The van der Waals surface area contributed by atoms with Crippen molar-refractivity contribution in [1.29, 1.82) is 0 Å². The van der Waals surface area contributed by atoms with Gasteiger partial charge in [0.1, 0.15) is 24.4 Å². The molecule has 0 aromatic rings. The Morgan fingerprint density at radius 3 is 1.76 bits per heavy atom. The number of carboxylic acids is 1. The lowest BCUT2D eigenvalue weighted by molar-refractivity contribution is -0.407. The molecule has 0 aliphatic carbocycles. The second-order valence-corrected chi connectivity index (χ2v) is 3.89. The third kappa shape index (κ3) is 8.98. The fourth-order valence-corrected chi connectivity index (χ4v) is 0.662. The molecule has 0 heterocycles. The zero-order chi connectivity index (χ0) is 14.2. The number of aliphatic hydroxyl groups excluding tert-OH is 5. The first-order valence-electron chi connectivity index (χ1n) is 5.02. The van der Waals surface area contributed by atoms with Crippen LogP contribution in [0, 0.1) is 0 Å². The molecular weight excluding hydrogens is 234 g/mol. The van der Waals surface area contributed by atoms with Gasteiger partial charge >= 0.3 is 0 Å². The Labute approximate surface area is 98.9 Å². The number of quaternary nitrogens is 1. The minimum atomic E-state index is -2.31. The number of rotatable bonds is 5. The van der Waals surface area contributed by atoms with Gasteiger partial charge in [0.25, 0.3) is 0 Å². The molecule has 0 radical (unpaired) electrons. The first-order chi connectivity index (χ1) is 7.64. The summed E-state index contributed by atoms with van der Waals surface area (Å²) in [5.41, 5.74) is 3.64. The first-order valence-corrected chi connectivity index (χ1v) is 5.02. The van der Waals surface area contributed by atoms with Gasteiger partial charge in [-0.15, -0.1) is 0 Å². The summed E-state index contributed by atoms with van der Waals surface area (Å²) < 4.78 is 0. The monoisotopic (exact) mass is 255 g/mol. The van der Waals surface area contributed by atoms with Crippen molar-refractivity contribution >= 4 is 5.97 Å². The van der Waals surface area contributed by atoms with Gasteiger partial charge in [0, 0.05) is 0 Å². The summed E-state index contributed by atoms with van der Waals surface area (Å²) in [6.45, 7) is 3.25. The van der Waals surface area contributed by atoms with Gasteiger partial charge in [-0.1, -0.05) is 0 Å². The molecule has 0 saturated heterocycles. The Hall–Kier alpha value is -0.770. The molecule has 0 amide bonds. The number of carbonyl (C=O) groups excluding carboxylic acids is 1. The highest BCUT2D eigenvalue weighted by atomic mass is 16.4. The fourth-order valence-electron chi connectivity index (χ4n) is 0.662. The van der Waals surface area contributed by atoms with Gasteiger partial charge in [-0.2, -0.15) is 0 Å². The normalized spacial score (nSPS) is 17.7. The average molecular weight is 255 g/mol. The van der Waals surface area contributed by atoms with Crippen LogP contribution in [0.25, 0.3) is 0 Å². The zero-order valence-corrected chi connectivity index (χ0v) is 9.85. The Morgan fingerprint density at radius 2 is 1.53 bits per heavy atom. The third-order valence-electron chi connectivity index (χ3n) is 1.50. The molecule has 17 heavy (non-hydrogen) atoms. The van der Waals surface area contributed by atoms with E-state index in [1.165, 1.54) is 0 Å². The van der Waals surface area contributed by atoms with E-state index in [2.05, 4.69) is 19.6 Å². The Morgan fingerprint density at radius 1 is 1.18 bits per heavy atom. The van der Waals surface area contributed by atoms with Crippen LogP contribution in [-0.4, -0.2) is 68.6 Å². The summed E-state index contributed by atoms with van der Waals surface area (Å²) in [6, 6.07) is 0.583. The van der Waals surface area contributed by atoms with Crippen molar-refractivity contribution in [2.75, 3.05) is 6.61 Å². The minimum Gasteiger partial charge on any atom is -0.547 e. The third-order valence-corrected chi connectivity index (χ3v) is 1.50. The van der Waals surface area contributed by atoms with Crippen LogP contribution in [0.5, 0.6) is 0 Å². The van der Waals surface area contributed by atoms with E-state index in [1.807, 2.05) is 0 Å². The van der Waals surface area contributed by atoms with Crippen LogP contribution in [0.3, 0.4) is 0 Å². The molecule has 8 N–H and O–H groups in total. The summed E-state index contributed by atoms with van der Waals surface area (Å²) in [5.74, 6) is -1.98. The molecule has 0 fully saturated rings. The van der Waals surface area contributed by atoms with Crippen LogP contribution < -0.4 is 10.8 Å². The van der Waals surface area contributed by atoms with Gasteiger partial charge in [0.2, 0.25) is 0 Å². The number of carboxylic acid groups (broad SMARTS) is 1. The van der Waals surface area contributed by atoms with Crippen molar-refractivity contribution in [3.8, 4) is 0 Å². The van der Waals surface area contributed by atoms with Crippen molar-refractivity contribution in [2.24, 2.45) is 0 Å². The van der Waals surface area contributed by atoms with Crippen molar-refractivity contribution in [2.45, 2.75) is 44.3 Å². The Balaban J connectivity index is 0. The van der Waals surface area contributed by atoms with E-state index in [0.29, 0.717) is 6.04 Å². The average Bonchev–Trinajstić information content (AvgIpc) is 2.23. The molecule has 0 bridgehead atoms. The van der Waals surface area contributed by atoms with Crippen LogP contribution in [-0.2, 0) is 4.79 Å². The SMILES string of the molecule is CC(C)[NH3+].O=C([O-])[C@H](O)[C@@H](O)[C@H](O)[C@H](O)CO. The number of hydrogen-bond acceptors (Lipinski definition) is 7. The quantitative estimate of drug-likeness (QED) is 0.285. The van der Waals surface area contributed by atoms with Crippen LogP contribution in [0.1, 0.15) is 13.8 Å². The van der Waals surface area contributed by atoms with Crippen LogP contribution in [0.2, 0.25) is 0 Å². The van der Waals surface area contributed by atoms with E-state index in [1.54, 1.807) is 0 Å². The lowest BCUT2D eigenvalue weighted by atomic mass is 10.0. The number of carbonyl (C=O) groups is 1. The maximum atomic E-state index is 9.98. The van der Waals surface area contributed by atoms with Crippen molar-refractivity contribution in [1.82, 2.24) is 0 Å². The second-order valence-electron chi connectivity index (χ2n) is 3.89. The molecule has 0 aromatic heterocycles. The highest BCUT2D eigenvalue weighted by Crippen LogP contribution is 2.04. The van der Waals surface area contributed by atoms with Crippen LogP contribution in [0.15, 0.2) is 0 Å². The topological polar surface area (TPSA) is 169 Å². The molecule has 4 atom stereocenters. The number of aliphatic carboxylic acids is 1. The van der Waals surface area contributed by atoms with Gasteiger partial charge < -0.3 is 41.2 Å².